The summed E-state index contributed by atoms with van der Waals surface area (Å²) < 4.78 is 26.4. The molecule has 0 amide bonds. The van der Waals surface area contributed by atoms with Gasteiger partial charge < -0.3 is 10.6 Å². The molecule has 2 atom stereocenters. The molecular formula is C12H16F2N2. The molecule has 0 radical (unpaired) electrons. The van der Waals surface area contributed by atoms with Crippen molar-refractivity contribution in [1.29, 1.82) is 0 Å². The Bertz CT molecular complexity index is 362. The molecule has 2 N–H and O–H groups in total. The summed E-state index contributed by atoms with van der Waals surface area (Å²) in [5, 5.41) is 6.42. The largest absolute Gasteiger partial charge is 0.312 e. The molecule has 0 spiro atoms. The molecule has 4 heteroatoms. The number of rotatable bonds is 3. The number of hydrogen-bond acceptors (Lipinski definition) is 2. The third-order valence-electron chi connectivity index (χ3n) is 3.11. The second kappa shape index (κ2) is 4.89. The maximum Gasteiger partial charge on any atom is 0.130 e. The molecule has 88 valence electrons. The van der Waals surface area contributed by atoms with Crippen LogP contribution in [0.15, 0.2) is 18.2 Å². The Morgan fingerprint density at radius 3 is 2.81 bits per heavy atom. The van der Waals surface area contributed by atoms with Gasteiger partial charge in [0, 0.05) is 17.7 Å². The van der Waals surface area contributed by atoms with Gasteiger partial charge in [-0.05, 0) is 32.5 Å². The van der Waals surface area contributed by atoms with E-state index in [-0.39, 0.29) is 12.1 Å². The SMILES string of the molecule is CNC(c1ccc(F)cc1F)C1CCCN1. The van der Waals surface area contributed by atoms with Gasteiger partial charge in [0.2, 0.25) is 0 Å². The lowest BCUT2D eigenvalue weighted by Gasteiger charge is -2.24. The molecule has 2 unspecified atom stereocenters. The zero-order valence-electron chi connectivity index (χ0n) is 9.26. The molecule has 1 aromatic carbocycles. The quantitative estimate of drug-likeness (QED) is 0.823. The van der Waals surface area contributed by atoms with Crippen LogP contribution in [0.3, 0.4) is 0 Å². The number of likely N-dealkylation sites (N-methyl/N-ethyl adjacent to an activating group) is 1. The molecule has 1 aliphatic rings. The molecule has 0 aromatic heterocycles. The van der Waals surface area contributed by atoms with Crippen LogP contribution in [-0.4, -0.2) is 19.6 Å². The Kier molecular flexibility index (Phi) is 3.51. The minimum atomic E-state index is -0.532. The molecule has 0 aliphatic carbocycles. The summed E-state index contributed by atoms with van der Waals surface area (Å²) in [5.74, 6) is -1.01. The topological polar surface area (TPSA) is 24.1 Å². The summed E-state index contributed by atoms with van der Waals surface area (Å²) in [7, 11) is 1.80. The van der Waals surface area contributed by atoms with E-state index in [9.17, 15) is 8.78 Å². The number of benzene rings is 1. The number of hydrogen-bond donors (Lipinski definition) is 2. The predicted octanol–water partition coefficient (Wildman–Crippen LogP) is 1.98. The van der Waals surface area contributed by atoms with E-state index in [1.165, 1.54) is 12.1 Å². The molecule has 0 saturated carbocycles. The van der Waals surface area contributed by atoms with E-state index in [4.69, 9.17) is 0 Å². The van der Waals surface area contributed by atoms with Crippen LogP contribution < -0.4 is 10.6 Å². The molecule has 2 rings (SSSR count). The third kappa shape index (κ3) is 2.23. The monoisotopic (exact) mass is 226 g/mol. The minimum absolute atomic E-state index is 0.0944. The first kappa shape index (κ1) is 11.5. The highest BCUT2D eigenvalue weighted by Crippen LogP contribution is 2.25. The van der Waals surface area contributed by atoms with Crippen molar-refractivity contribution >= 4 is 0 Å². The first-order valence-corrected chi connectivity index (χ1v) is 5.58. The van der Waals surface area contributed by atoms with Gasteiger partial charge in [0.25, 0.3) is 0 Å². The third-order valence-corrected chi connectivity index (χ3v) is 3.11. The summed E-state index contributed by atoms with van der Waals surface area (Å²) in [6.45, 7) is 0.964. The average Bonchev–Trinajstić information content (AvgIpc) is 2.75. The Morgan fingerprint density at radius 2 is 2.25 bits per heavy atom. The number of halogens is 2. The fourth-order valence-electron chi connectivity index (χ4n) is 2.32. The zero-order chi connectivity index (χ0) is 11.5. The first-order valence-electron chi connectivity index (χ1n) is 5.58. The van der Waals surface area contributed by atoms with Gasteiger partial charge in [0.05, 0.1) is 6.04 Å². The molecule has 1 aliphatic heterocycles. The van der Waals surface area contributed by atoms with Crippen LogP contribution >= 0.6 is 0 Å². The lowest BCUT2D eigenvalue weighted by molar-refractivity contribution is 0.422. The van der Waals surface area contributed by atoms with Gasteiger partial charge in [-0.1, -0.05) is 6.07 Å². The van der Waals surface area contributed by atoms with Crippen molar-refractivity contribution in [2.75, 3.05) is 13.6 Å². The van der Waals surface area contributed by atoms with Crippen molar-refractivity contribution in [2.45, 2.75) is 24.9 Å². The Morgan fingerprint density at radius 1 is 1.44 bits per heavy atom. The lowest BCUT2D eigenvalue weighted by Crippen LogP contribution is -2.36. The Labute approximate surface area is 94.0 Å². The fraction of sp³-hybridized carbons (Fsp3) is 0.500. The normalized spacial score (nSPS) is 22.3. The summed E-state index contributed by atoms with van der Waals surface area (Å²) in [6, 6.07) is 3.89. The standard InChI is InChI=1S/C12H16F2N2/c1-15-12(11-3-2-6-16-11)9-5-4-8(13)7-10(9)14/h4-5,7,11-12,15-16H,2-3,6H2,1H3. The summed E-state index contributed by atoms with van der Waals surface area (Å²) in [5.41, 5.74) is 0.531. The van der Waals surface area contributed by atoms with Crippen LogP contribution in [-0.2, 0) is 0 Å². The van der Waals surface area contributed by atoms with E-state index in [1.807, 2.05) is 0 Å². The van der Waals surface area contributed by atoms with Crippen molar-refractivity contribution in [3.05, 3.63) is 35.4 Å². The van der Waals surface area contributed by atoms with E-state index >= 15 is 0 Å². The van der Waals surface area contributed by atoms with E-state index in [0.717, 1.165) is 25.5 Å². The Hall–Kier alpha value is -1.00. The fourth-order valence-corrected chi connectivity index (χ4v) is 2.32. The average molecular weight is 226 g/mol. The first-order chi connectivity index (χ1) is 7.72. The maximum atomic E-state index is 13.6. The lowest BCUT2D eigenvalue weighted by atomic mass is 9.97. The van der Waals surface area contributed by atoms with Crippen molar-refractivity contribution in [1.82, 2.24) is 10.6 Å². The van der Waals surface area contributed by atoms with Crippen LogP contribution in [0.2, 0.25) is 0 Å². The zero-order valence-corrected chi connectivity index (χ0v) is 9.26. The second-order valence-electron chi connectivity index (χ2n) is 4.14. The highest BCUT2D eigenvalue weighted by molar-refractivity contribution is 5.24. The van der Waals surface area contributed by atoms with Gasteiger partial charge in [-0.3, -0.25) is 0 Å². The maximum absolute atomic E-state index is 13.6. The molecule has 1 fully saturated rings. The smallest absolute Gasteiger partial charge is 0.130 e. The van der Waals surface area contributed by atoms with Crippen molar-refractivity contribution in [2.24, 2.45) is 0 Å². The van der Waals surface area contributed by atoms with Gasteiger partial charge in [-0.2, -0.15) is 0 Å². The van der Waals surface area contributed by atoms with Gasteiger partial charge >= 0.3 is 0 Å². The summed E-state index contributed by atoms with van der Waals surface area (Å²) >= 11 is 0. The molecule has 1 heterocycles. The molecule has 1 aromatic rings. The highest BCUT2D eigenvalue weighted by atomic mass is 19.1. The van der Waals surface area contributed by atoms with E-state index < -0.39 is 11.6 Å². The van der Waals surface area contributed by atoms with Crippen molar-refractivity contribution in [3.8, 4) is 0 Å². The summed E-state index contributed by atoms with van der Waals surface area (Å²) in [6.07, 6.45) is 2.12. The van der Waals surface area contributed by atoms with Crippen LogP contribution in [0.5, 0.6) is 0 Å². The highest BCUT2D eigenvalue weighted by Gasteiger charge is 2.26. The van der Waals surface area contributed by atoms with Gasteiger partial charge in [-0.15, -0.1) is 0 Å². The predicted molar refractivity (Wildman–Crippen MR) is 59.2 cm³/mol. The molecule has 2 nitrogen and oxygen atoms in total. The minimum Gasteiger partial charge on any atom is -0.312 e. The molecule has 1 saturated heterocycles. The Balaban J connectivity index is 2.25. The molecular weight excluding hydrogens is 210 g/mol. The summed E-state index contributed by atoms with van der Waals surface area (Å²) in [4.78, 5) is 0. The van der Waals surface area contributed by atoms with Crippen LogP contribution in [0, 0.1) is 11.6 Å². The van der Waals surface area contributed by atoms with Crippen LogP contribution in [0.25, 0.3) is 0 Å². The van der Waals surface area contributed by atoms with E-state index in [0.29, 0.717) is 5.56 Å². The van der Waals surface area contributed by atoms with E-state index in [1.54, 1.807) is 7.05 Å². The molecule has 0 bridgehead atoms. The van der Waals surface area contributed by atoms with Gasteiger partial charge in [0.1, 0.15) is 11.6 Å². The molecule has 16 heavy (non-hydrogen) atoms. The van der Waals surface area contributed by atoms with Gasteiger partial charge in [-0.25, -0.2) is 8.78 Å². The second-order valence-corrected chi connectivity index (χ2v) is 4.14. The number of nitrogens with one attached hydrogen (secondary N) is 2. The van der Waals surface area contributed by atoms with Crippen molar-refractivity contribution in [3.63, 3.8) is 0 Å². The van der Waals surface area contributed by atoms with Crippen molar-refractivity contribution < 1.29 is 8.78 Å². The van der Waals surface area contributed by atoms with Crippen LogP contribution in [0.4, 0.5) is 8.78 Å². The van der Waals surface area contributed by atoms with Gasteiger partial charge in [0.15, 0.2) is 0 Å². The van der Waals surface area contributed by atoms with E-state index in [2.05, 4.69) is 10.6 Å². The van der Waals surface area contributed by atoms with Crippen LogP contribution in [0.1, 0.15) is 24.4 Å².